The van der Waals surface area contributed by atoms with Crippen molar-refractivity contribution >= 4 is 17.7 Å². The van der Waals surface area contributed by atoms with Gasteiger partial charge in [0.15, 0.2) is 5.16 Å². The van der Waals surface area contributed by atoms with Crippen molar-refractivity contribution < 1.29 is 9.53 Å². The van der Waals surface area contributed by atoms with Crippen LogP contribution in [0.25, 0.3) is 5.69 Å². The van der Waals surface area contributed by atoms with Crippen LogP contribution in [0.1, 0.15) is 17.1 Å². The third kappa shape index (κ3) is 6.48. The summed E-state index contributed by atoms with van der Waals surface area (Å²) in [4.78, 5) is 40.6. The highest BCUT2D eigenvalue weighted by Gasteiger charge is 2.17. The van der Waals surface area contributed by atoms with Crippen molar-refractivity contribution in [2.45, 2.75) is 18.0 Å². The fourth-order valence-corrected chi connectivity index (χ4v) is 4.27. The molecule has 0 saturated carbocycles. The molecule has 35 heavy (non-hydrogen) atoms. The van der Waals surface area contributed by atoms with Gasteiger partial charge in [0.25, 0.3) is 5.56 Å². The van der Waals surface area contributed by atoms with Gasteiger partial charge in [0.2, 0.25) is 5.91 Å². The van der Waals surface area contributed by atoms with Gasteiger partial charge in [-0.15, -0.1) is 10.2 Å². The minimum Gasteiger partial charge on any atom is -0.497 e. The molecule has 0 aliphatic rings. The Morgan fingerprint density at radius 2 is 1.89 bits per heavy atom. The number of nitrogens with one attached hydrogen (secondary N) is 3. The molecule has 0 radical (unpaired) electrons. The van der Waals surface area contributed by atoms with E-state index in [9.17, 15) is 14.4 Å². The zero-order valence-electron chi connectivity index (χ0n) is 19.0. The van der Waals surface area contributed by atoms with E-state index >= 15 is 0 Å². The molecule has 0 unspecified atom stereocenters. The number of nitrogens with zero attached hydrogens (tertiary/aromatic N) is 3. The van der Waals surface area contributed by atoms with Crippen molar-refractivity contribution in [3.8, 4) is 11.4 Å². The number of carbonyl (C=O) groups is 1. The van der Waals surface area contributed by atoms with Gasteiger partial charge in [0.05, 0.1) is 18.6 Å². The summed E-state index contributed by atoms with van der Waals surface area (Å²) in [7, 11) is 1.57. The fraction of sp³-hybridized carbons (Fsp3) is 0.208. The maximum absolute atomic E-state index is 12.4. The van der Waals surface area contributed by atoms with E-state index in [-0.39, 0.29) is 18.1 Å². The third-order valence-corrected chi connectivity index (χ3v) is 6.02. The zero-order chi connectivity index (χ0) is 24.6. The number of benzene rings is 2. The molecule has 0 saturated heterocycles. The predicted octanol–water partition coefficient (Wildman–Crippen LogP) is 1.69. The first kappa shape index (κ1) is 24.0. The molecule has 4 rings (SSSR count). The van der Waals surface area contributed by atoms with Gasteiger partial charge < -0.3 is 15.0 Å². The molecule has 1 amide bonds. The molecule has 0 fully saturated rings. The summed E-state index contributed by atoms with van der Waals surface area (Å²) < 4.78 is 7.13. The van der Waals surface area contributed by atoms with Crippen LogP contribution in [0.4, 0.5) is 0 Å². The number of aromatic amines is 2. The van der Waals surface area contributed by atoms with Crippen molar-refractivity contribution in [3.05, 3.63) is 98.6 Å². The number of H-pyrrole nitrogens is 2. The van der Waals surface area contributed by atoms with Crippen LogP contribution < -0.4 is 21.3 Å². The Kier molecular flexibility index (Phi) is 7.78. The lowest BCUT2D eigenvalue weighted by Gasteiger charge is -2.11. The summed E-state index contributed by atoms with van der Waals surface area (Å²) in [5.41, 5.74) is 1.18. The van der Waals surface area contributed by atoms with E-state index in [1.807, 2.05) is 54.6 Å². The maximum Gasteiger partial charge on any atom is 0.325 e. The van der Waals surface area contributed by atoms with Gasteiger partial charge in [-0.1, -0.05) is 48.2 Å². The number of thioether (sulfide) groups is 1. The minimum atomic E-state index is -0.596. The Balaban J connectivity index is 1.51. The molecule has 180 valence electrons. The van der Waals surface area contributed by atoms with Crippen LogP contribution in [0.5, 0.6) is 5.75 Å². The highest BCUT2D eigenvalue weighted by molar-refractivity contribution is 7.99. The number of ether oxygens (including phenoxy) is 1. The Morgan fingerprint density at radius 3 is 2.66 bits per heavy atom. The van der Waals surface area contributed by atoms with Crippen LogP contribution in [0.3, 0.4) is 0 Å². The van der Waals surface area contributed by atoms with Crippen LogP contribution in [0, 0.1) is 0 Å². The van der Waals surface area contributed by atoms with E-state index in [0.29, 0.717) is 29.0 Å². The number of methoxy groups -OCH3 is 1. The summed E-state index contributed by atoms with van der Waals surface area (Å²) in [5, 5.41) is 12.0. The second-order valence-electron chi connectivity index (χ2n) is 7.60. The lowest BCUT2D eigenvalue weighted by molar-refractivity contribution is -0.118. The van der Waals surface area contributed by atoms with Crippen molar-refractivity contribution in [3.63, 3.8) is 0 Å². The van der Waals surface area contributed by atoms with Crippen molar-refractivity contribution in [2.24, 2.45) is 0 Å². The smallest absolute Gasteiger partial charge is 0.325 e. The molecular formula is C24H24N6O4S. The summed E-state index contributed by atoms with van der Waals surface area (Å²) in [6, 6.07) is 18.6. The van der Waals surface area contributed by atoms with Crippen molar-refractivity contribution in [2.75, 3.05) is 19.4 Å². The minimum absolute atomic E-state index is 0.119. The maximum atomic E-state index is 12.4. The Labute approximate surface area is 204 Å². The van der Waals surface area contributed by atoms with Crippen LogP contribution in [0.2, 0.25) is 0 Å². The summed E-state index contributed by atoms with van der Waals surface area (Å²) in [5.74, 6) is 1.16. The van der Waals surface area contributed by atoms with E-state index in [0.717, 1.165) is 17.7 Å². The molecule has 4 aromatic rings. The summed E-state index contributed by atoms with van der Waals surface area (Å²) >= 11 is 1.24. The van der Waals surface area contributed by atoms with Crippen LogP contribution in [-0.2, 0) is 17.6 Å². The monoisotopic (exact) mass is 492 g/mol. The number of amides is 1. The molecule has 0 spiro atoms. The first-order chi connectivity index (χ1) is 17.0. The highest BCUT2D eigenvalue weighted by Crippen LogP contribution is 2.25. The Morgan fingerprint density at radius 1 is 1.06 bits per heavy atom. The van der Waals surface area contributed by atoms with Gasteiger partial charge in [0.1, 0.15) is 11.6 Å². The van der Waals surface area contributed by atoms with Crippen molar-refractivity contribution in [1.82, 2.24) is 30.0 Å². The van der Waals surface area contributed by atoms with E-state index in [1.54, 1.807) is 11.7 Å². The Bertz CT molecular complexity index is 1390. The molecule has 0 bridgehead atoms. The van der Waals surface area contributed by atoms with Gasteiger partial charge in [-0.05, 0) is 24.1 Å². The fourth-order valence-electron chi connectivity index (χ4n) is 3.47. The van der Waals surface area contributed by atoms with Crippen LogP contribution in [0.15, 0.2) is 75.4 Å². The van der Waals surface area contributed by atoms with Gasteiger partial charge in [-0.2, -0.15) is 0 Å². The van der Waals surface area contributed by atoms with E-state index in [4.69, 9.17) is 4.74 Å². The van der Waals surface area contributed by atoms with Crippen LogP contribution >= 0.6 is 11.8 Å². The van der Waals surface area contributed by atoms with Crippen LogP contribution in [-0.4, -0.2) is 50.0 Å². The molecule has 2 heterocycles. The molecule has 3 N–H and O–H groups in total. The second kappa shape index (κ2) is 11.3. The first-order valence-corrected chi connectivity index (χ1v) is 11.8. The molecule has 2 aromatic carbocycles. The predicted molar refractivity (Wildman–Crippen MR) is 132 cm³/mol. The van der Waals surface area contributed by atoms with Gasteiger partial charge >= 0.3 is 5.69 Å². The lowest BCUT2D eigenvalue weighted by atomic mass is 10.1. The average molecular weight is 493 g/mol. The highest BCUT2D eigenvalue weighted by atomic mass is 32.2. The number of hydrogen-bond donors (Lipinski definition) is 3. The number of rotatable bonds is 10. The first-order valence-electron chi connectivity index (χ1n) is 10.9. The van der Waals surface area contributed by atoms with Crippen molar-refractivity contribution in [1.29, 1.82) is 0 Å². The number of carbonyl (C=O) groups excluding carboxylic acids is 1. The summed E-state index contributed by atoms with van der Waals surface area (Å²) in [6.07, 6.45) is 0.906. The summed E-state index contributed by atoms with van der Waals surface area (Å²) in [6.45, 7) is 0.535. The lowest BCUT2D eigenvalue weighted by Crippen LogP contribution is -2.27. The van der Waals surface area contributed by atoms with Gasteiger partial charge in [0, 0.05) is 30.8 Å². The SMILES string of the molecule is COc1cccc(-n2c(Cc3cc(=O)[nH]c(=O)[nH]3)nnc2SCC(=O)NCCc2ccccc2)c1. The molecule has 11 heteroatoms. The normalized spacial score (nSPS) is 10.8. The average Bonchev–Trinajstić information content (AvgIpc) is 3.25. The molecule has 0 aliphatic heterocycles. The van der Waals surface area contributed by atoms with Gasteiger partial charge in [-0.3, -0.25) is 19.1 Å². The molecule has 0 aliphatic carbocycles. The largest absolute Gasteiger partial charge is 0.497 e. The molecule has 10 nitrogen and oxygen atoms in total. The van der Waals surface area contributed by atoms with E-state index in [2.05, 4.69) is 25.5 Å². The molecular weight excluding hydrogens is 468 g/mol. The zero-order valence-corrected chi connectivity index (χ0v) is 19.8. The quantitative estimate of drug-likeness (QED) is 0.287. The molecule has 0 atom stereocenters. The topological polar surface area (TPSA) is 135 Å². The second-order valence-corrected chi connectivity index (χ2v) is 8.54. The number of aromatic nitrogens is 5. The number of hydrogen-bond acceptors (Lipinski definition) is 7. The Hall–Kier alpha value is -4.12. The van der Waals surface area contributed by atoms with E-state index in [1.165, 1.54) is 17.8 Å². The third-order valence-electron chi connectivity index (χ3n) is 5.09. The van der Waals surface area contributed by atoms with Gasteiger partial charge in [-0.25, -0.2) is 4.79 Å². The van der Waals surface area contributed by atoms with E-state index < -0.39 is 11.2 Å². The standard InChI is InChI=1S/C24H24N6O4S/c1-34-19-9-5-8-18(14-19)30-20(12-17-13-21(31)27-23(33)26-17)28-29-24(30)35-15-22(32)25-11-10-16-6-3-2-4-7-16/h2-9,13-14H,10-12,15H2,1H3,(H,25,32)(H2,26,27,31,33). The molecule has 2 aromatic heterocycles.